The maximum atomic E-state index is 14.1. The molecule has 8 nitrogen and oxygen atoms in total. The van der Waals surface area contributed by atoms with E-state index in [0.717, 1.165) is 63.1 Å². The Morgan fingerprint density at radius 3 is 2.65 bits per heavy atom. The summed E-state index contributed by atoms with van der Waals surface area (Å²) < 4.78 is 9.32. The summed E-state index contributed by atoms with van der Waals surface area (Å²) in [6.07, 6.45) is 6.68. The summed E-state index contributed by atoms with van der Waals surface area (Å²) in [5.41, 5.74) is 1.89. The number of amides is 1. The van der Waals surface area contributed by atoms with Crippen molar-refractivity contribution in [2.45, 2.75) is 52.2 Å². The summed E-state index contributed by atoms with van der Waals surface area (Å²) in [5.74, 6) is 1.38. The molecule has 3 aromatic rings. The number of imidazole rings is 1. The Hall–Kier alpha value is -1.84. The quantitative estimate of drug-likeness (QED) is 0.335. The first kappa shape index (κ1) is 33.2. The van der Waals surface area contributed by atoms with E-state index in [1.54, 1.807) is 7.11 Å². The lowest BCUT2D eigenvalue weighted by Gasteiger charge is -2.38. The van der Waals surface area contributed by atoms with Crippen molar-refractivity contribution >= 4 is 54.2 Å². The van der Waals surface area contributed by atoms with Gasteiger partial charge in [-0.1, -0.05) is 26.0 Å². The number of nitrogens with zero attached hydrogens (tertiary/aromatic N) is 5. The van der Waals surface area contributed by atoms with Crippen LogP contribution in [0.1, 0.15) is 43.7 Å². The van der Waals surface area contributed by atoms with Crippen molar-refractivity contribution in [2.75, 3.05) is 33.4 Å². The van der Waals surface area contributed by atoms with Crippen LogP contribution in [0.5, 0.6) is 0 Å². The number of carbonyl (C=O) groups excluding carboxylic acids is 1. The Kier molecular flexibility index (Phi) is 14.5. The molecule has 1 saturated heterocycles. The summed E-state index contributed by atoms with van der Waals surface area (Å²) in [4.78, 5) is 20.9. The molecule has 2 atom stereocenters. The van der Waals surface area contributed by atoms with Gasteiger partial charge in [-0.15, -0.1) is 37.2 Å². The minimum Gasteiger partial charge on any atom is -0.385 e. The van der Waals surface area contributed by atoms with Crippen LogP contribution in [0.15, 0.2) is 42.7 Å². The summed E-state index contributed by atoms with van der Waals surface area (Å²) in [6, 6.07) is 10.1. The summed E-state index contributed by atoms with van der Waals surface area (Å²) in [5, 5.41) is 7.95. The second-order valence-corrected chi connectivity index (χ2v) is 9.77. The highest BCUT2D eigenvalue weighted by molar-refractivity contribution is 5.95. The van der Waals surface area contributed by atoms with Crippen LogP contribution < -0.4 is 5.32 Å². The van der Waals surface area contributed by atoms with Crippen molar-refractivity contribution in [3.05, 3.63) is 48.5 Å². The molecule has 1 aromatic carbocycles. The highest BCUT2D eigenvalue weighted by Gasteiger charge is 2.33. The molecule has 0 radical (unpaired) electrons. The number of fused-ring (bicyclic) bond motifs is 1. The molecule has 1 aliphatic rings. The monoisotopic (exact) mass is 574 g/mol. The second kappa shape index (κ2) is 16.2. The molecular formula is C26H41Cl3N6O2. The highest BCUT2D eigenvalue weighted by atomic mass is 35.5. The van der Waals surface area contributed by atoms with Gasteiger partial charge in [-0.3, -0.25) is 9.48 Å². The number of rotatable bonds is 11. The Labute approximate surface area is 238 Å². The van der Waals surface area contributed by atoms with Gasteiger partial charge in [-0.2, -0.15) is 5.10 Å². The van der Waals surface area contributed by atoms with Crippen molar-refractivity contribution in [1.82, 2.24) is 29.5 Å². The molecule has 11 heteroatoms. The molecule has 1 amide bonds. The van der Waals surface area contributed by atoms with E-state index in [0.29, 0.717) is 24.2 Å². The third-order valence-electron chi connectivity index (χ3n) is 6.51. The largest absolute Gasteiger partial charge is 0.385 e. The predicted molar refractivity (Wildman–Crippen MR) is 155 cm³/mol. The number of methoxy groups -OCH3 is 1. The van der Waals surface area contributed by atoms with E-state index in [-0.39, 0.29) is 49.2 Å². The number of benzene rings is 1. The van der Waals surface area contributed by atoms with Crippen LogP contribution in [0.25, 0.3) is 11.0 Å². The molecule has 2 aromatic heterocycles. The number of unbranched alkanes of at least 4 members (excludes halogenated alkanes) is 1. The van der Waals surface area contributed by atoms with Gasteiger partial charge in [0.1, 0.15) is 0 Å². The number of aromatic nitrogens is 4. The SMILES string of the molecule is COCCCCn1c(C(=O)N(CC(C)C)[C@@H]2CNC[C@H](Cn3cccn3)C2)nc2ccccc21.Cl.Cl.Cl. The van der Waals surface area contributed by atoms with Crippen LogP contribution in [0.4, 0.5) is 0 Å². The molecule has 37 heavy (non-hydrogen) atoms. The van der Waals surface area contributed by atoms with Gasteiger partial charge in [0.05, 0.1) is 11.0 Å². The van der Waals surface area contributed by atoms with Gasteiger partial charge < -0.3 is 19.5 Å². The smallest absolute Gasteiger partial charge is 0.290 e. The number of piperidine rings is 1. The number of para-hydroxylation sites is 2. The average Bonchev–Trinajstić information content (AvgIpc) is 3.48. The zero-order valence-electron chi connectivity index (χ0n) is 21.9. The molecule has 0 bridgehead atoms. The van der Waals surface area contributed by atoms with Crippen LogP contribution in [0.3, 0.4) is 0 Å². The van der Waals surface area contributed by atoms with E-state index < -0.39 is 0 Å². The molecule has 1 fully saturated rings. The zero-order chi connectivity index (χ0) is 23.9. The van der Waals surface area contributed by atoms with Gasteiger partial charge in [0, 0.05) is 58.3 Å². The maximum absolute atomic E-state index is 14.1. The van der Waals surface area contributed by atoms with E-state index in [1.165, 1.54) is 0 Å². The molecule has 0 saturated carbocycles. The van der Waals surface area contributed by atoms with Crippen molar-refractivity contribution in [1.29, 1.82) is 0 Å². The molecule has 3 heterocycles. The van der Waals surface area contributed by atoms with Gasteiger partial charge in [0.2, 0.25) is 0 Å². The summed E-state index contributed by atoms with van der Waals surface area (Å²) in [7, 11) is 1.73. The molecular weight excluding hydrogens is 535 g/mol. The van der Waals surface area contributed by atoms with Crippen molar-refractivity contribution in [2.24, 2.45) is 11.8 Å². The van der Waals surface area contributed by atoms with E-state index in [2.05, 4.69) is 39.8 Å². The maximum Gasteiger partial charge on any atom is 0.290 e. The van der Waals surface area contributed by atoms with Gasteiger partial charge in [0.25, 0.3) is 5.91 Å². The standard InChI is InChI=1S/C26H38N6O2.3ClH/c1-20(2)18-32(22-15-21(16-27-17-22)19-30-12-8-11-28-30)26(33)25-29-23-9-4-5-10-24(23)31(25)13-6-7-14-34-3;;;/h4-5,8-12,20-22,27H,6-7,13-19H2,1-3H3;3*1H/t21-,22+;;;/m1.../s1. The summed E-state index contributed by atoms with van der Waals surface area (Å²) >= 11 is 0. The van der Waals surface area contributed by atoms with Gasteiger partial charge in [0.15, 0.2) is 5.82 Å². The van der Waals surface area contributed by atoms with Crippen LogP contribution in [-0.2, 0) is 17.8 Å². The number of ether oxygens (including phenoxy) is 1. The predicted octanol–water partition coefficient (Wildman–Crippen LogP) is 4.70. The van der Waals surface area contributed by atoms with Crippen molar-refractivity contribution in [3.8, 4) is 0 Å². The second-order valence-electron chi connectivity index (χ2n) is 9.77. The average molecular weight is 576 g/mol. The van der Waals surface area contributed by atoms with Gasteiger partial charge >= 0.3 is 0 Å². The van der Waals surface area contributed by atoms with Crippen LogP contribution >= 0.6 is 37.2 Å². The number of nitrogens with one attached hydrogen (secondary N) is 1. The first-order valence-electron chi connectivity index (χ1n) is 12.5. The number of hydrogen-bond acceptors (Lipinski definition) is 5. The lowest BCUT2D eigenvalue weighted by molar-refractivity contribution is 0.0563. The first-order valence-corrected chi connectivity index (χ1v) is 12.5. The molecule has 4 rings (SSSR count). The Morgan fingerprint density at radius 2 is 1.95 bits per heavy atom. The van der Waals surface area contributed by atoms with Crippen molar-refractivity contribution in [3.63, 3.8) is 0 Å². The first-order chi connectivity index (χ1) is 16.6. The van der Waals surface area contributed by atoms with Gasteiger partial charge in [-0.05, 0) is 55.8 Å². The minimum atomic E-state index is 0. The highest BCUT2D eigenvalue weighted by Crippen LogP contribution is 2.23. The van der Waals surface area contributed by atoms with Crippen LogP contribution in [0, 0.1) is 11.8 Å². The fourth-order valence-corrected chi connectivity index (χ4v) is 4.96. The lowest BCUT2D eigenvalue weighted by Crippen LogP contribution is -2.53. The number of carbonyl (C=O) groups is 1. The fraction of sp³-hybridized carbons (Fsp3) is 0.577. The normalized spacial score (nSPS) is 17.1. The van der Waals surface area contributed by atoms with Crippen LogP contribution in [-0.4, -0.2) is 69.5 Å². The van der Waals surface area contributed by atoms with Crippen molar-refractivity contribution < 1.29 is 9.53 Å². The van der Waals surface area contributed by atoms with Gasteiger partial charge in [-0.25, -0.2) is 4.98 Å². The number of halogens is 3. The Morgan fingerprint density at radius 1 is 1.16 bits per heavy atom. The van der Waals surface area contributed by atoms with E-state index in [9.17, 15) is 4.79 Å². The zero-order valence-corrected chi connectivity index (χ0v) is 24.4. The van der Waals surface area contributed by atoms with E-state index in [1.807, 2.05) is 41.3 Å². The third-order valence-corrected chi connectivity index (χ3v) is 6.51. The third kappa shape index (κ3) is 8.58. The topological polar surface area (TPSA) is 77.2 Å². The van der Waals surface area contributed by atoms with Crippen LogP contribution in [0.2, 0.25) is 0 Å². The van der Waals surface area contributed by atoms with E-state index in [4.69, 9.17) is 9.72 Å². The number of hydrogen-bond donors (Lipinski definition) is 1. The lowest BCUT2D eigenvalue weighted by atomic mass is 9.94. The summed E-state index contributed by atoms with van der Waals surface area (Å²) in [6.45, 7) is 9.15. The minimum absolute atomic E-state index is 0. The fourth-order valence-electron chi connectivity index (χ4n) is 4.96. The number of aryl methyl sites for hydroxylation is 1. The molecule has 1 N–H and O–H groups in total. The van der Waals surface area contributed by atoms with E-state index >= 15 is 0 Å². The molecule has 0 unspecified atom stereocenters. The molecule has 208 valence electrons. The Balaban J connectivity index is 0.00000228. The molecule has 1 aliphatic heterocycles. The Bertz CT molecular complexity index is 1060. The molecule has 0 spiro atoms. The molecule has 0 aliphatic carbocycles.